The van der Waals surface area contributed by atoms with Crippen LogP contribution in [0.3, 0.4) is 0 Å². The second kappa shape index (κ2) is 4.84. The molecule has 1 amide bonds. The number of rotatable bonds is 3. The van der Waals surface area contributed by atoms with E-state index in [4.69, 9.17) is 28.9 Å². The molecular formula is C10H12Cl2N2O. The maximum atomic E-state index is 11.3. The Morgan fingerprint density at radius 1 is 1.33 bits per heavy atom. The predicted octanol–water partition coefficient (Wildman–Crippen LogP) is 2.08. The number of halogens is 2. The number of carbonyl (C=O) groups is 1. The van der Waals surface area contributed by atoms with Crippen LogP contribution in [0.2, 0.25) is 10.0 Å². The van der Waals surface area contributed by atoms with Crippen LogP contribution in [-0.4, -0.2) is 24.9 Å². The highest BCUT2D eigenvalue weighted by molar-refractivity contribution is 6.36. The summed E-state index contributed by atoms with van der Waals surface area (Å²) in [4.78, 5) is 13.0. The van der Waals surface area contributed by atoms with E-state index in [1.165, 1.54) is 0 Å². The van der Waals surface area contributed by atoms with Gasteiger partial charge in [-0.25, -0.2) is 0 Å². The first-order chi connectivity index (χ1) is 6.95. The van der Waals surface area contributed by atoms with Gasteiger partial charge in [-0.15, -0.1) is 0 Å². The third-order valence-electron chi connectivity index (χ3n) is 2.06. The first kappa shape index (κ1) is 12.3. The second-order valence-corrected chi connectivity index (χ2v) is 4.22. The molecule has 0 bridgehead atoms. The third-order valence-corrected chi connectivity index (χ3v) is 2.72. The number of primary amides is 1. The molecule has 82 valence electrons. The molecule has 0 aliphatic heterocycles. The molecule has 0 aliphatic rings. The number of benzene rings is 1. The van der Waals surface area contributed by atoms with Gasteiger partial charge in [0.2, 0.25) is 5.91 Å². The number of carbonyl (C=O) groups excluding carboxylic acids is 1. The Morgan fingerprint density at radius 3 is 2.13 bits per heavy atom. The Labute approximate surface area is 98.8 Å². The molecule has 0 saturated carbocycles. The number of nitrogens with two attached hydrogens (primary N) is 1. The molecule has 1 unspecified atom stereocenters. The summed E-state index contributed by atoms with van der Waals surface area (Å²) >= 11 is 12.0. The molecule has 1 atom stereocenters. The predicted molar refractivity (Wildman–Crippen MR) is 62.1 cm³/mol. The van der Waals surface area contributed by atoms with Crippen LogP contribution in [0.25, 0.3) is 0 Å². The van der Waals surface area contributed by atoms with Crippen LogP contribution in [0.4, 0.5) is 0 Å². The van der Waals surface area contributed by atoms with Crippen molar-refractivity contribution in [1.82, 2.24) is 4.90 Å². The largest absolute Gasteiger partial charge is 0.368 e. The molecule has 0 radical (unpaired) electrons. The van der Waals surface area contributed by atoms with E-state index in [0.717, 1.165) is 0 Å². The van der Waals surface area contributed by atoms with Gasteiger partial charge in [-0.2, -0.15) is 0 Å². The standard InChI is InChI=1S/C10H12Cl2N2O/c1-14(2)9(10(13)15)8-6(11)4-3-5-7(8)12/h3-5,9H,1-2H3,(H2,13,15). The van der Waals surface area contributed by atoms with E-state index in [-0.39, 0.29) is 0 Å². The summed E-state index contributed by atoms with van der Waals surface area (Å²) in [5.41, 5.74) is 5.86. The van der Waals surface area contributed by atoms with E-state index >= 15 is 0 Å². The van der Waals surface area contributed by atoms with Gasteiger partial charge < -0.3 is 5.73 Å². The maximum Gasteiger partial charge on any atom is 0.239 e. The molecule has 15 heavy (non-hydrogen) atoms. The monoisotopic (exact) mass is 246 g/mol. The molecule has 1 aromatic carbocycles. The van der Waals surface area contributed by atoms with Crippen molar-refractivity contribution in [1.29, 1.82) is 0 Å². The SMILES string of the molecule is CN(C)C(C(N)=O)c1c(Cl)cccc1Cl. The Kier molecular flexibility index (Phi) is 3.97. The molecule has 0 spiro atoms. The normalized spacial score (nSPS) is 12.9. The fourth-order valence-corrected chi connectivity index (χ4v) is 2.03. The van der Waals surface area contributed by atoms with Crippen molar-refractivity contribution in [2.75, 3.05) is 14.1 Å². The lowest BCUT2D eigenvalue weighted by molar-refractivity contribution is -0.122. The van der Waals surface area contributed by atoms with E-state index in [1.807, 2.05) is 0 Å². The van der Waals surface area contributed by atoms with Crippen LogP contribution in [0, 0.1) is 0 Å². The van der Waals surface area contributed by atoms with Gasteiger partial charge in [0.1, 0.15) is 6.04 Å². The molecule has 0 heterocycles. The Morgan fingerprint density at radius 2 is 1.80 bits per heavy atom. The first-order valence-electron chi connectivity index (χ1n) is 4.34. The number of hydrogen-bond donors (Lipinski definition) is 1. The van der Waals surface area contributed by atoms with Crippen molar-refractivity contribution < 1.29 is 4.79 Å². The lowest BCUT2D eigenvalue weighted by Gasteiger charge is -2.23. The van der Waals surface area contributed by atoms with E-state index in [1.54, 1.807) is 37.2 Å². The zero-order valence-electron chi connectivity index (χ0n) is 8.50. The van der Waals surface area contributed by atoms with Crippen LogP contribution in [-0.2, 0) is 4.79 Å². The van der Waals surface area contributed by atoms with Gasteiger partial charge in [-0.1, -0.05) is 29.3 Å². The van der Waals surface area contributed by atoms with Gasteiger partial charge in [0, 0.05) is 15.6 Å². The quantitative estimate of drug-likeness (QED) is 0.888. The van der Waals surface area contributed by atoms with Crippen molar-refractivity contribution in [3.05, 3.63) is 33.8 Å². The highest BCUT2D eigenvalue weighted by Crippen LogP contribution is 2.32. The molecule has 0 fully saturated rings. The van der Waals surface area contributed by atoms with Crippen LogP contribution in [0.15, 0.2) is 18.2 Å². The number of amides is 1. The van der Waals surface area contributed by atoms with E-state index in [2.05, 4.69) is 0 Å². The Balaban J connectivity index is 3.28. The minimum absolute atomic E-state index is 0.444. The van der Waals surface area contributed by atoms with Crippen LogP contribution >= 0.6 is 23.2 Å². The average molecular weight is 247 g/mol. The summed E-state index contributed by atoms with van der Waals surface area (Å²) in [5.74, 6) is -0.477. The van der Waals surface area contributed by atoms with Crippen molar-refractivity contribution in [3.63, 3.8) is 0 Å². The topological polar surface area (TPSA) is 46.3 Å². The fourth-order valence-electron chi connectivity index (χ4n) is 1.43. The Hall–Kier alpha value is -0.770. The summed E-state index contributed by atoms with van der Waals surface area (Å²) in [5, 5.41) is 0.889. The zero-order chi connectivity index (χ0) is 11.6. The zero-order valence-corrected chi connectivity index (χ0v) is 10.0. The van der Waals surface area contributed by atoms with Crippen LogP contribution in [0.1, 0.15) is 11.6 Å². The number of hydrogen-bond acceptors (Lipinski definition) is 2. The minimum atomic E-state index is -0.605. The van der Waals surface area contributed by atoms with Crippen molar-refractivity contribution >= 4 is 29.1 Å². The van der Waals surface area contributed by atoms with Gasteiger partial charge in [-0.3, -0.25) is 9.69 Å². The molecular weight excluding hydrogens is 235 g/mol. The van der Waals surface area contributed by atoms with Gasteiger partial charge in [0.15, 0.2) is 0 Å². The van der Waals surface area contributed by atoms with Gasteiger partial charge in [0.05, 0.1) is 0 Å². The molecule has 1 aromatic rings. The molecule has 1 rings (SSSR count). The van der Waals surface area contributed by atoms with E-state index < -0.39 is 11.9 Å². The van der Waals surface area contributed by atoms with Gasteiger partial charge >= 0.3 is 0 Å². The Bertz CT molecular complexity index is 359. The summed E-state index contributed by atoms with van der Waals surface area (Å²) in [6.07, 6.45) is 0. The van der Waals surface area contributed by atoms with Crippen molar-refractivity contribution in [2.45, 2.75) is 6.04 Å². The highest BCUT2D eigenvalue weighted by atomic mass is 35.5. The number of nitrogens with zero attached hydrogens (tertiary/aromatic N) is 1. The lowest BCUT2D eigenvalue weighted by Crippen LogP contribution is -2.33. The summed E-state index contributed by atoms with van der Waals surface area (Å²) < 4.78 is 0. The molecule has 0 saturated heterocycles. The van der Waals surface area contributed by atoms with Crippen LogP contribution < -0.4 is 5.73 Å². The third kappa shape index (κ3) is 2.62. The first-order valence-corrected chi connectivity index (χ1v) is 5.10. The fraction of sp³-hybridized carbons (Fsp3) is 0.300. The average Bonchev–Trinajstić information content (AvgIpc) is 2.09. The molecule has 2 N–H and O–H groups in total. The smallest absolute Gasteiger partial charge is 0.239 e. The lowest BCUT2D eigenvalue weighted by atomic mass is 10.1. The van der Waals surface area contributed by atoms with E-state index in [0.29, 0.717) is 15.6 Å². The van der Waals surface area contributed by atoms with E-state index in [9.17, 15) is 4.79 Å². The summed E-state index contributed by atoms with van der Waals surface area (Å²) in [6, 6.07) is 4.48. The second-order valence-electron chi connectivity index (χ2n) is 3.40. The maximum absolute atomic E-state index is 11.3. The van der Waals surface area contributed by atoms with Gasteiger partial charge in [0.25, 0.3) is 0 Å². The molecule has 3 nitrogen and oxygen atoms in total. The van der Waals surface area contributed by atoms with Gasteiger partial charge in [-0.05, 0) is 26.2 Å². The highest BCUT2D eigenvalue weighted by Gasteiger charge is 2.24. The summed E-state index contributed by atoms with van der Waals surface area (Å²) in [7, 11) is 3.49. The molecule has 0 aliphatic carbocycles. The minimum Gasteiger partial charge on any atom is -0.368 e. The van der Waals surface area contributed by atoms with Crippen molar-refractivity contribution in [3.8, 4) is 0 Å². The number of likely N-dealkylation sites (N-methyl/N-ethyl adjacent to an activating group) is 1. The summed E-state index contributed by atoms with van der Waals surface area (Å²) in [6.45, 7) is 0. The van der Waals surface area contributed by atoms with Crippen molar-refractivity contribution in [2.24, 2.45) is 5.73 Å². The molecule has 0 aromatic heterocycles. The van der Waals surface area contributed by atoms with Crippen LogP contribution in [0.5, 0.6) is 0 Å². The molecule has 5 heteroatoms.